The standard InChI is InChI=1S/C18H20N2O2/c1-2-11-19-18(21)13-20-16-9-6-10-17(12-16)22-14-15-7-4-3-5-8-15/h2-10,12,20H,1,11,13-14H2,(H,19,21). The molecule has 22 heavy (non-hydrogen) atoms. The summed E-state index contributed by atoms with van der Waals surface area (Å²) in [6.07, 6.45) is 1.65. The molecule has 0 atom stereocenters. The summed E-state index contributed by atoms with van der Waals surface area (Å²) in [5.74, 6) is 0.691. The fourth-order valence-electron chi connectivity index (χ4n) is 1.87. The second-order valence-electron chi connectivity index (χ2n) is 4.75. The highest BCUT2D eigenvalue weighted by Gasteiger charge is 2.01. The van der Waals surface area contributed by atoms with Gasteiger partial charge in [-0.1, -0.05) is 42.5 Å². The number of hydrogen-bond donors (Lipinski definition) is 2. The largest absolute Gasteiger partial charge is 0.489 e. The molecule has 2 aromatic carbocycles. The number of amides is 1. The summed E-state index contributed by atoms with van der Waals surface area (Å²) in [7, 11) is 0. The lowest BCUT2D eigenvalue weighted by Crippen LogP contribution is -2.29. The zero-order valence-electron chi connectivity index (χ0n) is 12.4. The summed E-state index contributed by atoms with van der Waals surface area (Å²) < 4.78 is 5.75. The Balaban J connectivity index is 1.84. The van der Waals surface area contributed by atoms with E-state index in [0.717, 1.165) is 17.0 Å². The highest BCUT2D eigenvalue weighted by atomic mass is 16.5. The lowest BCUT2D eigenvalue weighted by Gasteiger charge is -2.10. The molecule has 0 fully saturated rings. The Bertz CT molecular complexity index is 611. The Morgan fingerprint density at radius 3 is 2.73 bits per heavy atom. The summed E-state index contributed by atoms with van der Waals surface area (Å²) in [6.45, 7) is 4.77. The van der Waals surface area contributed by atoms with Gasteiger partial charge in [0.25, 0.3) is 0 Å². The Morgan fingerprint density at radius 1 is 1.14 bits per heavy atom. The third kappa shape index (κ3) is 5.32. The van der Waals surface area contributed by atoms with Crippen LogP contribution in [0.5, 0.6) is 5.75 Å². The van der Waals surface area contributed by atoms with E-state index in [1.54, 1.807) is 6.08 Å². The summed E-state index contributed by atoms with van der Waals surface area (Å²) in [5, 5.41) is 5.78. The number of benzene rings is 2. The van der Waals surface area contributed by atoms with Gasteiger partial charge >= 0.3 is 0 Å². The normalized spacial score (nSPS) is 9.82. The fraction of sp³-hybridized carbons (Fsp3) is 0.167. The van der Waals surface area contributed by atoms with E-state index >= 15 is 0 Å². The third-order valence-electron chi connectivity index (χ3n) is 2.98. The number of carbonyl (C=O) groups excluding carboxylic acids is 1. The summed E-state index contributed by atoms with van der Waals surface area (Å²) in [4.78, 5) is 11.5. The van der Waals surface area contributed by atoms with E-state index in [1.807, 2.05) is 54.6 Å². The van der Waals surface area contributed by atoms with Gasteiger partial charge in [-0.05, 0) is 17.7 Å². The number of ether oxygens (including phenoxy) is 1. The molecular formula is C18H20N2O2. The zero-order chi connectivity index (χ0) is 15.6. The van der Waals surface area contributed by atoms with Crippen molar-refractivity contribution in [1.29, 1.82) is 0 Å². The summed E-state index contributed by atoms with van der Waals surface area (Å²) in [6, 6.07) is 17.6. The quantitative estimate of drug-likeness (QED) is 0.736. The van der Waals surface area contributed by atoms with Crippen molar-refractivity contribution in [3.8, 4) is 5.75 Å². The highest BCUT2D eigenvalue weighted by molar-refractivity contribution is 5.80. The zero-order valence-corrected chi connectivity index (χ0v) is 12.4. The fourth-order valence-corrected chi connectivity index (χ4v) is 1.87. The molecule has 2 aromatic rings. The molecule has 0 saturated carbocycles. The topological polar surface area (TPSA) is 50.4 Å². The van der Waals surface area contributed by atoms with Gasteiger partial charge < -0.3 is 15.4 Å². The second kappa shape index (κ2) is 8.52. The minimum Gasteiger partial charge on any atom is -0.489 e. The van der Waals surface area contributed by atoms with Crippen LogP contribution in [0, 0.1) is 0 Å². The molecule has 4 heteroatoms. The van der Waals surface area contributed by atoms with Crippen molar-refractivity contribution >= 4 is 11.6 Å². The van der Waals surface area contributed by atoms with Crippen molar-refractivity contribution in [3.05, 3.63) is 72.8 Å². The van der Waals surface area contributed by atoms with Crippen molar-refractivity contribution in [2.45, 2.75) is 6.61 Å². The lowest BCUT2D eigenvalue weighted by atomic mass is 10.2. The van der Waals surface area contributed by atoms with Gasteiger partial charge in [0.2, 0.25) is 5.91 Å². The van der Waals surface area contributed by atoms with Crippen molar-refractivity contribution in [2.24, 2.45) is 0 Å². The monoisotopic (exact) mass is 296 g/mol. The van der Waals surface area contributed by atoms with Gasteiger partial charge in [-0.3, -0.25) is 4.79 Å². The van der Waals surface area contributed by atoms with Crippen LogP contribution in [-0.4, -0.2) is 19.0 Å². The molecule has 114 valence electrons. The first-order valence-corrected chi connectivity index (χ1v) is 7.16. The van der Waals surface area contributed by atoms with Crippen molar-refractivity contribution in [2.75, 3.05) is 18.4 Å². The van der Waals surface area contributed by atoms with Crippen molar-refractivity contribution in [1.82, 2.24) is 5.32 Å². The average molecular weight is 296 g/mol. The summed E-state index contributed by atoms with van der Waals surface area (Å²) in [5.41, 5.74) is 1.96. The maximum absolute atomic E-state index is 11.5. The molecule has 0 aliphatic heterocycles. The highest BCUT2D eigenvalue weighted by Crippen LogP contribution is 2.18. The first-order valence-electron chi connectivity index (χ1n) is 7.16. The maximum Gasteiger partial charge on any atom is 0.239 e. The molecule has 0 heterocycles. The van der Waals surface area contributed by atoms with Crippen molar-refractivity contribution in [3.63, 3.8) is 0 Å². The van der Waals surface area contributed by atoms with Crippen LogP contribution >= 0.6 is 0 Å². The molecule has 0 unspecified atom stereocenters. The Morgan fingerprint density at radius 2 is 1.95 bits per heavy atom. The van der Waals surface area contributed by atoms with Gasteiger partial charge in [0.05, 0.1) is 6.54 Å². The number of anilines is 1. The van der Waals surface area contributed by atoms with Gasteiger partial charge in [-0.15, -0.1) is 6.58 Å². The van der Waals surface area contributed by atoms with Gasteiger partial charge in [0.15, 0.2) is 0 Å². The molecule has 0 radical (unpaired) electrons. The predicted molar refractivity (Wildman–Crippen MR) is 88.9 cm³/mol. The molecule has 0 bridgehead atoms. The van der Waals surface area contributed by atoms with Crippen molar-refractivity contribution < 1.29 is 9.53 Å². The third-order valence-corrected chi connectivity index (χ3v) is 2.98. The number of rotatable bonds is 8. The van der Waals surface area contributed by atoms with Crippen LogP contribution in [0.2, 0.25) is 0 Å². The van der Waals surface area contributed by atoms with Gasteiger partial charge in [-0.25, -0.2) is 0 Å². The summed E-state index contributed by atoms with van der Waals surface area (Å²) >= 11 is 0. The molecule has 2 N–H and O–H groups in total. The maximum atomic E-state index is 11.5. The SMILES string of the molecule is C=CCNC(=O)CNc1cccc(OCc2ccccc2)c1. The van der Waals surface area contributed by atoms with Crippen LogP contribution in [0.25, 0.3) is 0 Å². The second-order valence-corrected chi connectivity index (χ2v) is 4.75. The molecule has 2 rings (SSSR count). The molecule has 0 spiro atoms. The number of nitrogens with one attached hydrogen (secondary N) is 2. The van der Waals surface area contributed by atoms with Crippen LogP contribution in [0.4, 0.5) is 5.69 Å². The van der Waals surface area contributed by atoms with E-state index in [9.17, 15) is 4.79 Å². The lowest BCUT2D eigenvalue weighted by molar-refractivity contribution is -0.119. The van der Waals surface area contributed by atoms with Gasteiger partial charge in [0, 0.05) is 18.3 Å². The average Bonchev–Trinajstić information content (AvgIpc) is 2.57. The van der Waals surface area contributed by atoms with Gasteiger partial charge in [0.1, 0.15) is 12.4 Å². The predicted octanol–water partition coefficient (Wildman–Crippen LogP) is 2.98. The Hall–Kier alpha value is -2.75. The smallest absolute Gasteiger partial charge is 0.239 e. The van der Waals surface area contributed by atoms with Crippen LogP contribution < -0.4 is 15.4 Å². The molecule has 0 saturated heterocycles. The van der Waals surface area contributed by atoms with Crippen LogP contribution in [-0.2, 0) is 11.4 Å². The van der Waals surface area contributed by atoms with E-state index in [1.165, 1.54) is 0 Å². The van der Waals surface area contributed by atoms with Crippen LogP contribution in [0.1, 0.15) is 5.56 Å². The Labute approximate surface area is 130 Å². The van der Waals surface area contributed by atoms with E-state index in [-0.39, 0.29) is 12.5 Å². The first kappa shape index (κ1) is 15.6. The van der Waals surface area contributed by atoms with Crippen LogP contribution in [0.15, 0.2) is 67.3 Å². The first-order chi connectivity index (χ1) is 10.8. The molecule has 1 amide bonds. The molecular weight excluding hydrogens is 276 g/mol. The Kier molecular flexibility index (Phi) is 6.05. The van der Waals surface area contributed by atoms with Crippen LogP contribution in [0.3, 0.4) is 0 Å². The van der Waals surface area contributed by atoms with E-state index in [2.05, 4.69) is 17.2 Å². The number of carbonyl (C=O) groups is 1. The van der Waals surface area contributed by atoms with E-state index < -0.39 is 0 Å². The number of hydrogen-bond acceptors (Lipinski definition) is 3. The molecule has 0 aliphatic carbocycles. The minimum atomic E-state index is -0.0736. The molecule has 0 aliphatic rings. The van der Waals surface area contributed by atoms with Gasteiger partial charge in [-0.2, -0.15) is 0 Å². The van der Waals surface area contributed by atoms with E-state index in [0.29, 0.717) is 13.2 Å². The molecule has 4 nitrogen and oxygen atoms in total. The molecule has 0 aromatic heterocycles. The van der Waals surface area contributed by atoms with E-state index in [4.69, 9.17) is 4.74 Å². The minimum absolute atomic E-state index is 0.0736.